The molecule has 0 aliphatic carbocycles. The van der Waals surface area contributed by atoms with Gasteiger partial charge in [-0.15, -0.1) is 11.3 Å². The first kappa shape index (κ1) is 16.9. The molecule has 2 unspecified atom stereocenters. The summed E-state index contributed by atoms with van der Waals surface area (Å²) >= 11 is 7.68. The van der Waals surface area contributed by atoms with Gasteiger partial charge in [0.25, 0.3) is 0 Å². The Balaban J connectivity index is 1.31. The zero-order valence-electron chi connectivity index (χ0n) is 14.3. The van der Waals surface area contributed by atoms with Crippen LogP contribution in [0.5, 0.6) is 0 Å². The maximum atomic E-state index is 12.6. The van der Waals surface area contributed by atoms with Crippen LogP contribution in [0.4, 0.5) is 5.82 Å². The second-order valence-corrected chi connectivity index (χ2v) is 8.52. The maximum Gasteiger partial charge on any atom is 0.222 e. The number of pyridine rings is 1. The Kier molecular flexibility index (Phi) is 4.69. The number of carbonyl (C=O) groups is 1. The molecule has 4 rings (SSSR count). The van der Waals surface area contributed by atoms with Crippen LogP contribution in [0, 0.1) is 18.8 Å². The highest BCUT2D eigenvalue weighted by molar-refractivity contribution is 7.10. The van der Waals surface area contributed by atoms with E-state index in [1.165, 1.54) is 10.4 Å². The Morgan fingerprint density at radius 3 is 2.60 bits per heavy atom. The maximum absolute atomic E-state index is 12.6. The summed E-state index contributed by atoms with van der Waals surface area (Å²) in [5.74, 6) is 2.41. The van der Waals surface area contributed by atoms with Gasteiger partial charge in [-0.05, 0) is 42.5 Å². The molecular weight excluding hydrogens is 354 g/mol. The van der Waals surface area contributed by atoms with Crippen molar-refractivity contribution in [2.75, 3.05) is 31.1 Å². The fraction of sp³-hybridized carbons (Fsp3) is 0.474. The molecule has 2 saturated heterocycles. The predicted octanol–water partition coefficient (Wildman–Crippen LogP) is 3.63. The van der Waals surface area contributed by atoms with Crippen LogP contribution in [0.3, 0.4) is 0 Å². The first-order valence-electron chi connectivity index (χ1n) is 8.77. The smallest absolute Gasteiger partial charge is 0.222 e. The Morgan fingerprint density at radius 1 is 1.24 bits per heavy atom. The van der Waals surface area contributed by atoms with E-state index in [0.717, 1.165) is 38.4 Å². The second kappa shape index (κ2) is 6.96. The number of rotatable bonds is 4. The van der Waals surface area contributed by atoms with E-state index in [-0.39, 0.29) is 0 Å². The third-order valence-corrected chi connectivity index (χ3v) is 6.72. The van der Waals surface area contributed by atoms with E-state index >= 15 is 0 Å². The summed E-state index contributed by atoms with van der Waals surface area (Å²) in [6.45, 7) is 5.85. The van der Waals surface area contributed by atoms with Crippen LogP contribution in [-0.4, -0.2) is 42.0 Å². The summed E-state index contributed by atoms with van der Waals surface area (Å²) in [5, 5.41) is 2.77. The lowest BCUT2D eigenvalue weighted by Gasteiger charge is -2.22. The number of amides is 1. The van der Waals surface area contributed by atoms with Crippen LogP contribution in [0.2, 0.25) is 5.02 Å². The van der Waals surface area contributed by atoms with Gasteiger partial charge in [-0.25, -0.2) is 4.98 Å². The van der Waals surface area contributed by atoms with E-state index in [9.17, 15) is 4.79 Å². The fourth-order valence-electron chi connectivity index (χ4n) is 3.98. The Morgan fingerprint density at radius 2 is 2.00 bits per heavy atom. The van der Waals surface area contributed by atoms with E-state index in [1.54, 1.807) is 17.5 Å². The molecule has 0 spiro atoms. The number of thiophene rings is 1. The largest absolute Gasteiger partial charge is 0.356 e. The minimum absolute atomic E-state index is 0.304. The molecule has 1 amide bonds. The van der Waals surface area contributed by atoms with Crippen LogP contribution in [-0.2, 0) is 11.2 Å². The summed E-state index contributed by atoms with van der Waals surface area (Å²) in [6, 6.07) is 6.00. The van der Waals surface area contributed by atoms with Crippen molar-refractivity contribution in [3.05, 3.63) is 45.2 Å². The van der Waals surface area contributed by atoms with Crippen molar-refractivity contribution in [3.63, 3.8) is 0 Å². The normalized spacial score (nSPS) is 22.5. The molecule has 0 radical (unpaired) electrons. The average molecular weight is 376 g/mol. The minimum Gasteiger partial charge on any atom is -0.356 e. The van der Waals surface area contributed by atoms with E-state index < -0.39 is 0 Å². The molecule has 4 nitrogen and oxygen atoms in total. The van der Waals surface area contributed by atoms with Gasteiger partial charge < -0.3 is 9.80 Å². The van der Waals surface area contributed by atoms with Crippen molar-refractivity contribution in [1.29, 1.82) is 0 Å². The second-order valence-electron chi connectivity index (χ2n) is 7.09. The Bertz CT molecular complexity index is 746. The number of aromatic nitrogens is 1. The zero-order valence-corrected chi connectivity index (χ0v) is 15.9. The van der Waals surface area contributed by atoms with E-state index in [1.807, 2.05) is 12.1 Å². The summed E-state index contributed by atoms with van der Waals surface area (Å²) in [7, 11) is 0. The molecule has 2 aromatic heterocycles. The molecule has 0 saturated carbocycles. The zero-order chi connectivity index (χ0) is 17.4. The van der Waals surface area contributed by atoms with Crippen molar-refractivity contribution in [2.24, 2.45) is 11.8 Å². The molecular formula is C19H22ClN3OS. The molecule has 2 fully saturated rings. The summed E-state index contributed by atoms with van der Waals surface area (Å²) < 4.78 is 0. The van der Waals surface area contributed by atoms with Crippen LogP contribution in [0.1, 0.15) is 16.9 Å². The number of aryl methyl sites for hydroxylation is 2. The van der Waals surface area contributed by atoms with Gasteiger partial charge in [0.05, 0.1) is 5.02 Å². The molecule has 0 aromatic carbocycles. The average Bonchev–Trinajstić information content (AvgIpc) is 3.28. The monoisotopic (exact) mass is 375 g/mol. The topological polar surface area (TPSA) is 36.4 Å². The van der Waals surface area contributed by atoms with Gasteiger partial charge >= 0.3 is 0 Å². The summed E-state index contributed by atoms with van der Waals surface area (Å²) in [6.07, 6.45) is 3.20. The fourth-order valence-corrected chi connectivity index (χ4v) is 5.00. The van der Waals surface area contributed by atoms with E-state index in [4.69, 9.17) is 11.6 Å². The lowest BCUT2D eigenvalue weighted by molar-refractivity contribution is -0.130. The highest BCUT2D eigenvalue weighted by Gasteiger charge is 2.41. The number of carbonyl (C=O) groups excluding carboxylic acids is 1. The highest BCUT2D eigenvalue weighted by Crippen LogP contribution is 2.34. The molecule has 132 valence electrons. The number of fused-ring (bicyclic) bond motifs is 1. The third kappa shape index (κ3) is 3.53. The number of hydrogen-bond acceptors (Lipinski definition) is 4. The lowest BCUT2D eigenvalue weighted by atomic mass is 10.0. The Hall–Kier alpha value is -1.59. The molecule has 2 atom stereocenters. The first-order chi connectivity index (χ1) is 12.1. The first-order valence-corrected chi connectivity index (χ1v) is 10.0. The quantitative estimate of drug-likeness (QED) is 0.818. The standard InChI is InChI=1S/C19H22ClN3OS/c1-13-6-7-25-17(13)3-5-19(24)23-11-14-9-22(10-15(14)12-23)18-4-2-16(20)8-21-18/h2,4,6-8,14-15H,3,5,9-12H2,1H3. The van der Waals surface area contributed by atoms with Gasteiger partial charge in [-0.1, -0.05) is 11.6 Å². The molecule has 2 aliphatic heterocycles. The lowest BCUT2D eigenvalue weighted by Crippen LogP contribution is -2.33. The SMILES string of the molecule is Cc1ccsc1CCC(=O)N1CC2CN(c3ccc(Cl)cn3)CC2C1. The molecule has 0 N–H and O–H groups in total. The number of hydrogen-bond donors (Lipinski definition) is 0. The van der Waals surface area contributed by atoms with Crippen LogP contribution in [0.15, 0.2) is 29.8 Å². The molecule has 6 heteroatoms. The number of halogens is 1. The predicted molar refractivity (Wildman–Crippen MR) is 102 cm³/mol. The number of anilines is 1. The van der Waals surface area contributed by atoms with Gasteiger partial charge in [-0.3, -0.25) is 4.79 Å². The van der Waals surface area contributed by atoms with Crippen LogP contribution >= 0.6 is 22.9 Å². The van der Waals surface area contributed by atoms with Gasteiger partial charge in [0.15, 0.2) is 0 Å². The third-order valence-electron chi connectivity index (χ3n) is 5.41. The van der Waals surface area contributed by atoms with E-state index in [0.29, 0.717) is 29.2 Å². The molecule has 2 aliphatic rings. The molecule has 4 heterocycles. The van der Waals surface area contributed by atoms with Gasteiger partial charge in [-0.2, -0.15) is 0 Å². The van der Waals surface area contributed by atoms with Crippen molar-refractivity contribution in [1.82, 2.24) is 9.88 Å². The van der Waals surface area contributed by atoms with Crippen LogP contribution in [0.25, 0.3) is 0 Å². The summed E-state index contributed by atoms with van der Waals surface area (Å²) in [5.41, 5.74) is 1.31. The van der Waals surface area contributed by atoms with Gasteiger partial charge in [0.2, 0.25) is 5.91 Å². The van der Waals surface area contributed by atoms with Crippen molar-refractivity contribution >= 4 is 34.7 Å². The number of likely N-dealkylation sites (tertiary alicyclic amines) is 1. The Labute approximate surface area is 157 Å². The highest BCUT2D eigenvalue weighted by atomic mass is 35.5. The van der Waals surface area contributed by atoms with Gasteiger partial charge in [0, 0.05) is 55.5 Å². The molecule has 2 aromatic rings. The van der Waals surface area contributed by atoms with E-state index in [2.05, 4.69) is 33.2 Å². The minimum atomic E-state index is 0.304. The van der Waals surface area contributed by atoms with Crippen LogP contribution < -0.4 is 4.90 Å². The van der Waals surface area contributed by atoms with Crippen molar-refractivity contribution in [3.8, 4) is 0 Å². The molecule has 25 heavy (non-hydrogen) atoms. The van der Waals surface area contributed by atoms with Crippen molar-refractivity contribution in [2.45, 2.75) is 19.8 Å². The summed E-state index contributed by atoms with van der Waals surface area (Å²) in [4.78, 5) is 22.7. The number of nitrogens with zero attached hydrogens (tertiary/aromatic N) is 3. The van der Waals surface area contributed by atoms with Crippen molar-refractivity contribution < 1.29 is 4.79 Å². The molecule has 0 bridgehead atoms. The van der Waals surface area contributed by atoms with Gasteiger partial charge in [0.1, 0.15) is 5.82 Å².